The molecule has 2 rings (SSSR count). The SMILES string of the molecule is CC1OCCC1(C)NCCC1CCCCC1. The van der Waals surface area contributed by atoms with Crippen molar-refractivity contribution in [3.63, 3.8) is 0 Å². The number of nitrogens with one attached hydrogen (secondary N) is 1. The molecule has 2 aliphatic rings. The van der Waals surface area contributed by atoms with Crippen molar-refractivity contribution in [2.24, 2.45) is 5.92 Å². The fraction of sp³-hybridized carbons (Fsp3) is 1.00. The van der Waals surface area contributed by atoms with Crippen LogP contribution in [-0.4, -0.2) is 24.8 Å². The first kappa shape index (κ1) is 12.4. The lowest BCUT2D eigenvalue weighted by Gasteiger charge is -2.30. The Kier molecular flexibility index (Phi) is 4.26. The molecule has 1 N–H and O–H groups in total. The molecule has 1 aliphatic carbocycles. The van der Waals surface area contributed by atoms with E-state index in [9.17, 15) is 0 Å². The summed E-state index contributed by atoms with van der Waals surface area (Å²) in [6.45, 7) is 6.61. The van der Waals surface area contributed by atoms with Gasteiger partial charge in [-0.05, 0) is 39.2 Å². The first-order valence-corrected chi connectivity index (χ1v) is 7.07. The third-order valence-corrected chi connectivity index (χ3v) is 4.69. The predicted molar refractivity (Wildman–Crippen MR) is 67.6 cm³/mol. The summed E-state index contributed by atoms with van der Waals surface area (Å²) in [5.74, 6) is 0.988. The highest BCUT2D eigenvalue weighted by atomic mass is 16.5. The maximum atomic E-state index is 5.65. The van der Waals surface area contributed by atoms with E-state index in [1.807, 2.05) is 0 Å². The van der Waals surface area contributed by atoms with E-state index in [1.165, 1.54) is 51.5 Å². The van der Waals surface area contributed by atoms with Gasteiger partial charge in [0.15, 0.2) is 0 Å². The molecule has 2 nitrogen and oxygen atoms in total. The second-order valence-corrected chi connectivity index (χ2v) is 5.90. The topological polar surface area (TPSA) is 21.3 Å². The lowest BCUT2D eigenvalue weighted by molar-refractivity contribution is 0.0879. The van der Waals surface area contributed by atoms with Crippen molar-refractivity contribution >= 4 is 0 Å². The van der Waals surface area contributed by atoms with Gasteiger partial charge in [0.2, 0.25) is 0 Å². The van der Waals surface area contributed by atoms with Crippen molar-refractivity contribution in [3.8, 4) is 0 Å². The summed E-state index contributed by atoms with van der Waals surface area (Å²) in [4.78, 5) is 0. The van der Waals surface area contributed by atoms with Crippen molar-refractivity contribution in [2.75, 3.05) is 13.2 Å². The maximum absolute atomic E-state index is 5.65. The van der Waals surface area contributed by atoms with Crippen LogP contribution in [0.5, 0.6) is 0 Å². The van der Waals surface area contributed by atoms with Gasteiger partial charge in [0.05, 0.1) is 6.10 Å². The van der Waals surface area contributed by atoms with Crippen LogP contribution in [0.15, 0.2) is 0 Å². The van der Waals surface area contributed by atoms with Gasteiger partial charge in [0.1, 0.15) is 0 Å². The Morgan fingerprint density at radius 3 is 2.62 bits per heavy atom. The van der Waals surface area contributed by atoms with Gasteiger partial charge in [-0.15, -0.1) is 0 Å². The number of hydrogen-bond donors (Lipinski definition) is 1. The number of rotatable bonds is 4. The summed E-state index contributed by atoms with van der Waals surface area (Å²) in [6.07, 6.45) is 10.2. The summed E-state index contributed by atoms with van der Waals surface area (Å²) in [5, 5.41) is 3.73. The molecular formula is C14H27NO. The molecule has 1 aliphatic heterocycles. The fourth-order valence-corrected chi connectivity index (χ4v) is 3.10. The van der Waals surface area contributed by atoms with Crippen molar-refractivity contribution < 1.29 is 4.74 Å². The highest BCUT2D eigenvalue weighted by Crippen LogP contribution is 2.28. The van der Waals surface area contributed by atoms with E-state index < -0.39 is 0 Å². The summed E-state index contributed by atoms with van der Waals surface area (Å²) < 4.78 is 5.65. The first-order chi connectivity index (χ1) is 7.71. The summed E-state index contributed by atoms with van der Waals surface area (Å²) in [6, 6.07) is 0. The average molecular weight is 225 g/mol. The minimum absolute atomic E-state index is 0.231. The molecule has 2 heteroatoms. The van der Waals surface area contributed by atoms with Gasteiger partial charge in [-0.3, -0.25) is 0 Å². The molecule has 94 valence electrons. The molecule has 1 heterocycles. The van der Waals surface area contributed by atoms with Crippen LogP contribution in [-0.2, 0) is 4.74 Å². The van der Waals surface area contributed by atoms with Crippen molar-refractivity contribution in [1.29, 1.82) is 0 Å². The zero-order chi connectivity index (χ0) is 11.4. The lowest BCUT2D eigenvalue weighted by atomic mass is 9.86. The minimum atomic E-state index is 0.231. The van der Waals surface area contributed by atoms with Crippen LogP contribution in [0.4, 0.5) is 0 Å². The van der Waals surface area contributed by atoms with Gasteiger partial charge in [0, 0.05) is 12.1 Å². The average Bonchev–Trinajstić information content (AvgIpc) is 2.61. The molecule has 2 fully saturated rings. The van der Waals surface area contributed by atoms with E-state index in [0.717, 1.165) is 12.5 Å². The van der Waals surface area contributed by atoms with Gasteiger partial charge in [-0.1, -0.05) is 32.1 Å². The largest absolute Gasteiger partial charge is 0.377 e. The third kappa shape index (κ3) is 2.98. The molecule has 0 amide bonds. The molecule has 0 aromatic carbocycles. The zero-order valence-electron chi connectivity index (χ0n) is 10.9. The monoisotopic (exact) mass is 225 g/mol. The highest BCUT2D eigenvalue weighted by Gasteiger charge is 2.36. The Bertz CT molecular complexity index is 213. The first-order valence-electron chi connectivity index (χ1n) is 7.07. The molecular weight excluding hydrogens is 198 g/mol. The van der Waals surface area contributed by atoms with E-state index >= 15 is 0 Å². The summed E-state index contributed by atoms with van der Waals surface area (Å²) in [5.41, 5.74) is 0.231. The van der Waals surface area contributed by atoms with Gasteiger partial charge < -0.3 is 10.1 Å². The zero-order valence-corrected chi connectivity index (χ0v) is 10.9. The van der Waals surface area contributed by atoms with Crippen LogP contribution in [0, 0.1) is 5.92 Å². The van der Waals surface area contributed by atoms with Crippen molar-refractivity contribution in [3.05, 3.63) is 0 Å². The molecule has 0 aromatic heterocycles. The quantitative estimate of drug-likeness (QED) is 0.794. The predicted octanol–water partition coefficient (Wildman–Crippen LogP) is 3.11. The van der Waals surface area contributed by atoms with Crippen molar-refractivity contribution in [2.45, 2.75) is 70.4 Å². The van der Waals surface area contributed by atoms with E-state index in [4.69, 9.17) is 4.74 Å². The van der Waals surface area contributed by atoms with Crippen LogP contribution in [0.1, 0.15) is 58.8 Å². The number of ether oxygens (including phenoxy) is 1. The molecule has 2 unspecified atom stereocenters. The fourth-order valence-electron chi connectivity index (χ4n) is 3.10. The summed E-state index contributed by atoms with van der Waals surface area (Å²) >= 11 is 0. The van der Waals surface area contributed by atoms with E-state index in [0.29, 0.717) is 6.10 Å². The summed E-state index contributed by atoms with van der Waals surface area (Å²) in [7, 11) is 0. The molecule has 0 bridgehead atoms. The molecule has 0 spiro atoms. The van der Waals surface area contributed by atoms with Crippen molar-refractivity contribution in [1.82, 2.24) is 5.32 Å². The van der Waals surface area contributed by atoms with Gasteiger partial charge in [-0.2, -0.15) is 0 Å². The van der Waals surface area contributed by atoms with Gasteiger partial charge in [-0.25, -0.2) is 0 Å². The Morgan fingerprint density at radius 2 is 2.00 bits per heavy atom. The van der Waals surface area contributed by atoms with Crippen LogP contribution < -0.4 is 5.32 Å². The molecule has 0 radical (unpaired) electrons. The van der Waals surface area contributed by atoms with Crippen LogP contribution in [0.2, 0.25) is 0 Å². The second kappa shape index (κ2) is 5.50. The minimum Gasteiger partial charge on any atom is -0.377 e. The van der Waals surface area contributed by atoms with Crippen LogP contribution >= 0.6 is 0 Å². The normalized spacial score (nSPS) is 36.8. The molecule has 1 saturated heterocycles. The maximum Gasteiger partial charge on any atom is 0.0726 e. The highest BCUT2D eigenvalue weighted by molar-refractivity contribution is 4.93. The van der Waals surface area contributed by atoms with E-state index in [1.54, 1.807) is 0 Å². The van der Waals surface area contributed by atoms with Gasteiger partial charge in [0.25, 0.3) is 0 Å². The van der Waals surface area contributed by atoms with Gasteiger partial charge >= 0.3 is 0 Å². The van der Waals surface area contributed by atoms with Crippen LogP contribution in [0.25, 0.3) is 0 Å². The Morgan fingerprint density at radius 1 is 1.25 bits per heavy atom. The smallest absolute Gasteiger partial charge is 0.0726 e. The Labute approximate surface area is 100 Å². The molecule has 0 aromatic rings. The molecule has 2 atom stereocenters. The lowest BCUT2D eigenvalue weighted by Crippen LogP contribution is -2.48. The molecule has 1 saturated carbocycles. The standard InChI is InChI=1S/C14H27NO/c1-12-14(2,9-11-16-12)15-10-8-13-6-4-3-5-7-13/h12-13,15H,3-11H2,1-2H3. The van der Waals surface area contributed by atoms with Crippen LogP contribution in [0.3, 0.4) is 0 Å². The van der Waals surface area contributed by atoms with E-state index in [-0.39, 0.29) is 5.54 Å². The van der Waals surface area contributed by atoms with E-state index in [2.05, 4.69) is 19.2 Å². The third-order valence-electron chi connectivity index (χ3n) is 4.69. The second-order valence-electron chi connectivity index (χ2n) is 5.90. The Balaban J connectivity index is 1.66. The number of hydrogen-bond acceptors (Lipinski definition) is 2. The molecule has 16 heavy (non-hydrogen) atoms. The Hall–Kier alpha value is -0.0800.